The Labute approximate surface area is 170 Å². The molecule has 0 aromatic heterocycles. The van der Waals surface area contributed by atoms with E-state index < -0.39 is 12.8 Å². The predicted molar refractivity (Wildman–Crippen MR) is 107 cm³/mol. The summed E-state index contributed by atoms with van der Waals surface area (Å²) in [7, 11) is 1.38. The molecule has 3 N–H and O–H groups in total. The fraction of sp³-hybridized carbons (Fsp3) is 0.650. The number of ether oxygens (including phenoxy) is 2. The lowest BCUT2D eigenvalue weighted by molar-refractivity contribution is -0.153. The van der Waals surface area contributed by atoms with Crippen LogP contribution < -0.4 is 20.1 Å². The van der Waals surface area contributed by atoms with Crippen molar-refractivity contribution < 1.29 is 27.8 Å². The number of alkyl halides is 3. The average molecular weight is 419 g/mol. The number of guanidine groups is 1. The summed E-state index contributed by atoms with van der Waals surface area (Å²) in [5, 5.41) is 15.6. The fourth-order valence-electron chi connectivity index (χ4n) is 2.78. The summed E-state index contributed by atoms with van der Waals surface area (Å²) >= 11 is 0. The van der Waals surface area contributed by atoms with Crippen molar-refractivity contribution in [1.29, 1.82) is 0 Å². The number of nitrogens with zero attached hydrogens (tertiary/aromatic N) is 1. The highest BCUT2D eigenvalue weighted by Crippen LogP contribution is 2.30. The Balaban J connectivity index is 2.77. The molecular weight excluding hydrogens is 387 g/mol. The summed E-state index contributed by atoms with van der Waals surface area (Å²) < 4.78 is 47.0. The van der Waals surface area contributed by atoms with Gasteiger partial charge in [0.1, 0.15) is 0 Å². The van der Waals surface area contributed by atoms with Crippen LogP contribution in [0.15, 0.2) is 23.2 Å². The van der Waals surface area contributed by atoms with Gasteiger partial charge in [-0.25, -0.2) is 4.99 Å². The van der Waals surface area contributed by atoms with E-state index in [9.17, 15) is 18.3 Å². The van der Waals surface area contributed by atoms with E-state index in [-0.39, 0.29) is 18.1 Å². The van der Waals surface area contributed by atoms with Gasteiger partial charge in [-0.05, 0) is 43.4 Å². The van der Waals surface area contributed by atoms with Gasteiger partial charge in [-0.15, -0.1) is 0 Å². The summed E-state index contributed by atoms with van der Waals surface area (Å²) in [5.74, 6) is 1.27. The number of hydrogen-bond acceptors (Lipinski definition) is 4. The first-order chi connectivity index (χ1) is 13.8. The number of hydrogen-bond donors (Lipinski definition) is 3. The van der Waals surface area contributed by atoms with Crippen LogP contribution in [0.1, 0.15) is 38.7 Å². The third-order valence-electron chi connectivity index (χ3n) is 4.18. The molecule has 1 rings (SSSR count). The van der Waals surface area contributed by atoms with Crippen molar-refractivity contribution in [2.75, 3.05) is 33.4 Å². The molecule has 166 valence electrons. The van der Waals surface area contributed by atoms with Gasteiger partial charge in [0.15, 0.2) is 24.1 Å². The van der Waals surface area contributed by atoms with Crippen molar-refractivity contribution in [1.82, 2.24) is 10.6 Å². The third kappa shape index (κ3) is 10.3. The van der Waals surface area contributed by atoms with Crippen LogP contribution >= 0.6 is 0 Å². The number of methoxy groups -OCH3 is 1. The summed E-state index contributed by atoms with van der Waals surface area (Å²) in [6, 6.07) is 4.73. The number of aliphatic hydroxyl groups excluding tert-OH is 1. The second-order valence-electron chi connectivity index (χ2n) is 6.63. The van der Waals surface area contributed by atoms with Gasteiger partial charge in [0, 0.05) is 19.7 Å². The molecule has 29 heavy (non-hydrogen) atoms. The van der Waals surface area contributed by atoms with E-state index in [1.54, 1.807) is 12.1 Å². The summed E-state index contributed by atoms with van der Waals surface area (Å²) in [6.45, 7) is 4.57. The van der Waals surface area contributed by atoms with E-state index in [1.165, 1.54) is 13.2 Å². The van der Waals surface area contributed by atoms with Gasteiger partial charge in [0.25, 0.3) is 0 Å². The smallest absolute Gasteiger partial charge is 0.422 e. The van der Waals surface area contributed by atoms with E-state index in [0.29, 0.717) is 31.5 Å². The van der Waals surface area contributed by atoms with E-state index in [0.717, 1.165) is 24.8 Å². The van der Waals surface area contributed by atoms with Crippen molar-refractivity contribution in [2.45, 2.75) is 45.8 Å². The Kier molecular flexibility index (Phi) is 11.3. The number of aliphatic imine (C=N–C) groups is 1. The molecule has 0 saturated heterocycles. The van der Waals surface area contributed by atoms with Crippen molar-refractivity contribution in [3.05, 3.63) is 23.8 Å². The molecule has 9 heteroatoms. The first-order valence-electron chi connectivity index (χ1n) is 9.82. The molecule has 1 aromatic rings. The molecule has 0 spiro atoms. The molecule has 0 bridgehead atoms. The van der Waals surface area contributed by atoms with Gasteiger partial charge in [-0.2, -0.15) is 13.2 Å². The van der Waals surface area contributed by atoms with Gasteiger partial charge in [0.05, 0.1) is 13.7 Å². The highest BCUT2D eigenvalue weighted by atomic mass is 19.4. The number of rotatable bonds is 12. The summed E-state index contributed by atoms with van der Waals surface area (Å²) in [6.07, 6.45) is -1.62. The molecule has 0 aliphatic rings. The van der Waals surface area contributed by atoms with E-state index in [1.807, 2.05) is 6.92 Å². The zero-order valence-corrected chi connectivity index (χ0v) is 17.3. The minimum absolute atomic E-state index is 0.0361. The maximum absolute atomic E-state index is 12.4. The van der Waals surface area contributed by atoms with Gasteiger partial charge < -0.3 is 25.2 Å². The minimum Gasteiger partial charge on any atom is -0.493 e. The van der Waals surface area contributed by atoms with Crippen LogP contribution in [0, 0.1) is 5.92 Å². The van der Waals surface area contributed by atoms with Gasteiger partial charge in [-0.1, -0.05) is 19.4 Å². The molecule has 1 aromatic carbocycles. The van der Waals surface area contributed by atoms with Gasteiger partial charge in [-0.3, -0.25) is 0 Å². The molecule has 0 heterocycles. The maximum Gasteiger partial charge on any atom is 0.422 e. The van der Waals surface area contributed by atoms with Crippen LogP contribution in [-0.4, -0.2) is 50.7 Å². The van der Waals surface area contributed by atoms with E-state index in [2.05, 4.69) is 22.5 Å². The van der Waals surface area contributed by atoms with Gasteiger partial charge >= 0.3 is 6.18 Å². The largest absolute Gasteiger partial charge is 0.493 e. The topological polar surface area (TPSA) is 75.1 Å². The Hall–Kier alpha value is -2.16. The van der Waals surface area contributed by atoms with Crippen LogP contribution in [0.5, 0.6) is 11.5 Å². The van der Waals surface area contributed by atoms with Crippen molar-refractivity contribution in [2.24, 2.45) is 10.9 Å². The van der Waals surface area contributed by atoms with Crippen LogP contribution in [0.4, 0.5) is 13.2 Å². The van der Waals surface area contributed by atoms with Crippen LogP contribution in [0.2, 0.25) is 0 Å². The standard InChI is InChI=1S/C20H32F3N3O3/c1-4-6-15(9-10-27)12-25-19(24-5-2)26-13-16-7-8-17(18(11-16)28-3)29-14-20(21,22)23/h7-8,11,15,27H,4-6,9-10,12-14H2,1-3H3,(H2,24,25,26). The lowest BCUT2D eigenvalue weighted by atomic mass is 10.0. The lowest BCUT2D eigenvalue weighted by Crippen LogP contribution is -2.40. The maximum atomic E-state index is 12.4. The highest BCUT2D eigenvalue weighted by Gasteiger charge is 2.29. The molecular formula is C20H32F3N3O3. The number of halogens is 3. The van der Waals surface area contributed by atoms with Crippen molar-refractivity contribution >= 4 is 5.96 Å². The molecule has 0 aliphatic carbocycles. The first-order valence-corrected chi connectivity index (χ1v) is 9.82. The predicted octanol–water partition coefficient (Wildman–Crippen LogP) is 3.49. The Morgan fingerprint density at radius 3 is 2.52 bits per heavy atom. The molecule has 0 radical (unpaired) electrons. The second kappa shape index (κ2) is 13.1. The zero-order valence-electron chi connectivity index (χ0n) is 17.3. The van der Waals surface area contributed by atoms with E-state index >= 15 is 0 Å². The Morgan fingerprint density at radius 2 is 1.93 bits per heavy atom. The Morgan fingerprint density at radius 1 is 1.17 bits per heavy atom. The number of benzene rings is 1. The zero-order chi connectivity index (χ0) is 21.7. The molecule has 6 nitrogen and oxygen atoms in total. The van der Waals surface area contributed by atoms with Crippen LogP contribution in [0.3, 0.4) is 0 Å². The normalized spacial score (nSPS) is 13.1. The Bertz CT molecular complexity index is 619. The van der Waals surface area contributed by atoms with Crippen molar-refractivity contribution in [3.63, 3.8) is 0 Å². The second-order valence-corrected chi connectivity index (χ2v) is 6.63. The number of nitrogens with one attached hydrogen (secondary N) is 2. The minimum atomic E-state index is -4.41. The first kappa shape index (κ1) is 24.9. The molecule has 0 saturated carbocycles. The summed E-state index contributed by atoms with van der Waals surface area (Å²) in [5.41, 5.74) is 0.777. The SMILES string of the molecule is CCCC(CCO)CNC(=NCc1ccc(OCC(F)(F)F)c(OC)c1)NCC. The molecule has 0 fully saturated rings. The molecule has 1 unspecified atom stereocenters. The third-order valence-corrected chi connectivity index (χ3v) is 4.18. The van der Waals surface area contributed by atoms with Crippen molar-refractivity contribution in [3.8, 4) is 11.5 Å². The molecule has 0 aliphatic heterocycles. The quantitative estimate of drug-likeness (QED) is 0.357. The highest BCUT2D eigenvalue weighted by molar-refractivity contribution is 5.79. The molecule has 0 amide bonds. The lowest BCUT2D eigenvalue weighted by Gasteiger charge is -2.18. The number of aliphatic hydroxyl groups is 1. The van der Waals surface area contributed by atoms with E-state index in [4.69, 9.17) is 9.47 Å². The monoisotopic (exact) mass is 419 g/mol. The van der Waals surface area contributed by atoms with Crippen LogP contribution in [-0.2, 0) is 6.54 Å². The van der Waals surface area contributed by atoms with Gasteiger partial charge in [0.2, 0.25) is 0 Å². The average Bonchev–Trinajstić information content (AvgIpc) is 2.68. The molecule has 1 atom stereocenters. The fourth-order valence-corrected chi connectivity index (χ4v) is 2.78. The van der Waals surface area contributed by atoms with Crippen LogP contribution in [0.25, 0.3) is 0 Å². The summed E-state index contributed by atoms with van der Waals surface area (Å²) in [4.78, 5) is 4.52.